The molecule has 0 radical (unpaired) electrons. The van der Waals surface area contributed by atoms with Crippen LogP contribution in [0.15, 0.2) is 29.2 Å². The Kier molecular flexibility index (Phi) is 6.77. The van der Waals surface area contributed by atoms with Crippen LogP contribution in [-0.2, 0) is 26.0 Å². The molecule has 1 aliphatic rings. The van der Waals surface area contributed by atoms with E-state index in [-0.39, 0.29) is 29.2 Å². The summed E-state index contributed by atoms with van der Waals surface area (Å²) >= 11 is 0. The molecule has 144 valence electrons. The van der Waals surface area contributed by atoms with E-state index in [0.717, 1.165) is 18.4 Å². The van der Waals surface area contributed by atoms with Crippen molar-refractivity contribution >= 4 is 21.9 Å². The Morgan fingerprint density at radius 1 is 1.19 bits per heavy atom. The van der Waals surface area contributed by atoms with Gasteiger partial charge in [-0.1, -0.05) is 26.0 Å². The standard InChI is InChI=1S/C18H26N2O5S/c1-12(2)11-16(18(22)23)19-17(21)10-5-13-3-8-15(9-4-13)26(24,25)20-14-6-7-14/h3-4,8-9,12,14,16,20H,5-7,10-11H2,1-2H3,(H,19,21)(H,22,23)/t16-/m0/s1. The van der Waals surface area contributed by atoms with Gasteiger partial charge in [-0.15, -0.1) is 0 Å². The van der Waals surface area contributed by atoms with Gasteiger partial charge < -0.3 is 10.4 Å². The van der Waals surface area contributed by atoms with E-state index >= 15 is 0 Å². The van der Waals surface area contributed by atoms with Gasteiger partial charge in [-0.25, -0.2) is 17.9 Å². The molecule has 1 aromatic rings. The van der Waals surface area contributed by atoms with E-state index in [1.807, 2.05) is 13.8 Å². The number of sulfonamides is 1. The van der Waals surface area contributed by atoms with Crippen LogP contribution in [-0.4, -0.2) is 37.5 Å². The molecule has 1 saturated carbocycles. The van der Waals surface area contributed by atoms with E-state index in [4.69, 9.17) is 5.11 Å². The number of carboxylic acids is 1. The van der Waals surface area contributed by atoms with Crippen molar-refractivity contribution in [2.45, 2.75) is 62.9 Å². The van der Waals surface area contributed by atoms with Gasteiger partial charge in [0, 0.05) is 12.5 Å². The summed E-state index contributed by atoms with van der Waals surface area (Å²) in [5, 5.41) is 11.7. The third-order valence-electron chi connectivity index (χ3n) is 4.11. The minimum Gasteiger partial charge on any atom is -0.480 e. The zero-order valence-electron chi connectivity index (χ0n) is 15.1. The van der Waals surface area contributed by atoms with Crippen molar-refractivity contribution in [2.75, 3.05) is 0 Å². The molecule has 0 bridgehead atoms. The second-order valence-electron chi connectivity index (χ2n) is 7.13. The van der Waals surface area contributed by atoms with E-state index in [0.29, 0.717) is 12.8 Å². The highest BCUT2D eigenvalue weighted by Gasteiger charge is 2.27. The van der Waals surface area contributed by atoms with Crippen molar-refractivity contribution in [3.63, 3.8) is 0 Å². The molecule has 0 spiro atoms. The van der Waals surface area contributed by atoms with Gasteiger partial charge in [0.1, 0.15) is 6.04 Å². The Labute approximate surface area is 154 Å². The lowest BCUT2D eigenvalue weighted by Gasteiger charge is -2.16. The highest BCUT2D eigenvalue weighted by atomic mass is 32.2. The molecule has 1 aromatic carbocycles. The lowest BCUT2D eigenvalue weighted by Crippen LogP contribution is -2.41. The van der Waals surface area contributed by atoms with Crippen molar-refractivity contribution < 1.29 is 23.1 Å². The summed E-state index contributed by atoms with van der Waals surface area (Å²) in [5.41, 5.74) is 0.821. The first kappa shape index (κ1) is 20.4. The maximum absolute atomic E-state index is 12.1. The van der Waals surface area contributed by atoms with Crippen LogP contribution in [0, 0.1) is 5.92 Å². The molecule has 3 N–H and O–H groups in total. The Hall–Kier alpha value is -1.93. The molecule has 0 aliphatic heterocycles. The summed E-state index contributed by atoms with van der Waals surface area (Å²) in [6.07, 6.45) is 2.69. The molecule has 0 saturated heterocycles. The predicted octanol–water partition coefficient (Wildman–Crippen LogP) is 1.68. The molecule has 26 heavy (non-hydrogen) atoms. The fourth-order valence-corrected chi connectivity index (χ4v) is 3.85. The molecule has 1 fully saturated rings. The van der Waals surface area contributed by atoms with Gasteiger partial charge in [-0.2, -0.15) is 0 Å². The maximum Gasteiger partial charge on any atom is 0.326 e. The Morgan fingerprint density at radius 2 is 1.81 bits per heavy atom. The number of aliphatic carboxylic acids is 1. The molecular weight excluding hydrogens is 356 g/mol. The van der Waals surface area contributed by atoms with Crippen LogP contribution in [0.5, 0.6) is 0 Å². The summed E-state index contributed by atoms with van der Waals surface area (Å²) in [7, 11) is -3.48. The smallest absolute Gasteiger partial charge is 0.326 e. The first-order valence-electron chi connectivity index (χ1n) is 8.81. The van der Waals surface area contributed by atoms with Crippen LogP contribution >= 0.6 is 0 Å². The number of hydrogen-bond donors (Lipinski definition) is 3. The SMILES string of the molecule is CC(C)C[C@H](NC(=O)CCc1ccc(S(=O)(=O)NC2CC2)cc1)C(=O)O. The predicted molar refractivity (Wildman–Crippen MR) is 97.1 cm³/mol. The van der Waals surface area contributed by atoms with Crippen LogP contribution in [0.3, 0.4) is 0 Å². The quantitative estimate of drug-likeness (QED) is 0.570. The highest BCUT2D eigenvalue weighted by Crippen LogP contribution is 2.22. The average molecular weight is 382 g/mol. The molecule has 0 heterocycles. The van der Waals surface area contributed by atoms with E-state index in [1.165, 1.54) is 12.1 Å². The van der Waals surface area contributed by atoms with Crippen LogP contribution in [0.25, 0.3) is 0 Å². The first-order valence-corrected chi connectivity index (χ1v) is 10.3. The summed E-state index contributed by atoms with van der Waals surface area (Å²) in [6, 6.07) is 5.57. The zero-order valence-corrected chi connectivity index (χ0v) is 15.9. The van der Waals surface area contributed by atoms with E-state index in [9.17, 15) is 18.0 Å². The van der Waals surface area contributed by atoms with Crippen molar-refractivity contribution in [1.82, 2.24) is 10.0 Å². The lowest BCUT2D eigenvalue weighted by molar-refractivity contribution is -0.142. The van der Waals surface area contributed by atoms with Crippen LogP contribution in [0.1, 0.15) is 45.1 Å². The number of carboxylic acid groups (broad SMARTS) is 1. The van der Waals surface area contributed by atoms with Gasteiger partial charge >= 0.3 is 5.97 Å². The number of rotatable bonds is 10. The van der Waals surface area contributed by atoms with Gasteiger partial charge in [0.15, 0.2) is 0 Å². The van der Waals surface area contributed by atoms with E-state index < -0.39 is 22.0 Å². The van der Waals surface area contributed by atoms with Gasteiger partial charge in [0.25, 0.3) is 0 Å². The summed E-state index contributed by atoms with van der Waals surface area (Å²) < 4.78 is 26.8. The fourth-order valence-electron chi connectivity index (χ4n) is 2.54. The largest absolute Gasteiger partial charge is 0.480 e. The number of benzene rings is 1. The lowest BCUT2D eigenvalue weighted by atomic mass is 10.0. The molecule has 8 heteroatoms. The summed E-state index contributed by atoms with van der Waals surface area (Å²) in [4.78, 5) is 23.4. The number of carbonyl (C=O) groups is 2. The number of aryl methyl sites for hydroxylation is 1. The van der Waals surface area contributed by atoms with Crippen molar-refractivity contribution in [3.05, 3.63) is 29.8 Å². The molecule has 7 nitrogen and oxygen atoms in total. The van der Waals surface area contributed by atoms with Gasteiger partial charge in [-0.05, 0) is 49.3 Å². The third kappa shape index (κ3) is 6.42. The molecule has 0 aromatic heterocycles. The summed E-state index contributed by atoms with van der Waals surface area (Å²) in [5.74, 6) is -1.20. The van der Waals surface area contributed by atoms with Crippen molar-refractivity contribution in [2.24, 2.45) is 5.92 Å². The van der Waals surface area contributed by atoms with Crippen LogP contribution in [0.2, 0.25) is 0 Å². The summed E-state index contributed by atoms with van der Waals surface area (Å²) in [6.45, 7) is 3.80. The minimum atomic E-state index is -3.48. The second-order valence-corrected chi connectivity index (χ2v) is 8.84. The molecule has 1 aliphatic carbocycles. The Morgan fingerprint density at radius 3 is 2.31 bits per heavy atom. The van der Waals surface area contributed by atoms with E-state index in [2.05, 4.69) is 10.0 Å². The molecular formula is C18H26N2O5S. The van der Waals surface area contributed by atoms with Gasteiger partial charge in [0.05, 0.1) is 4.90 Å². The van der Waals surface area contributed by atoms with Crippen LogP contribution < -0.4 is 10.0 Å². The molecule has 1 atom stereocenters. The fraction of sp³-hybridized carbons (Fsp3) is 0.556. The second kappa shape index (κ2) is 8.64. The number of amides is 1. The monoisotopic (exact) mass is 382 g/mol. The Balaban J connectivity index is 1.86. The highest BCUT2D eigenvalue weighted by molar-refractivity contribution is 7.89. The van der Waals surface area contributed by atoms with Crippen molar-refractivity contribution in [3.8, 4) is 0 Å². The van der Waals surface area contributed by atoms with Gasteiger partial charge in [0.2, 0.25) is 15.9 Å². The van der Waals surface area contributed by atoms with Crippen molar-refractivity contribution in [1.29, 1.82) is 0 Å². The number of nitrogens with one attached hydrogen (secondary N) is 2. The third-order valence-corrected chi connectivity index (χ3v) is 5.65. The molecule has 2 rings (SSSR count). The van der Waals surface area contributed by atoms with E-state index in [1.54, 1.807) is 12.1 Å². The molecule has 1 amide bonds. The Bertz CT molecular complexity index is 739. The first-order chi connectivity index (χ1) is 12.2. The molecule has 0 unspecified atom stereocenters. The topological polar surface area (TPSA) is 113 Å². The maximum atomic E-state index is 12.1. The average Bonchev–Trinajstić information content (AvgIpc) is 3.35. The zero-order chi connectivity index (χ0) is 19.3. The van der Waals surface area contributed by atoms with Gasteiger partial charge in [-0.3, -0.25) is 4.79 Å². The normalized spacial score (nSPS) is 15.7. The number of hydrogen-bond acceptors (Lipinski definition) is 4. The van der Waals surface area contributed by atoms with Crippen LogP contribution in [0.4, 0.5) is 0 Å². The minimum absolute atomic E-state index is 0.0522. The number of carbonyl (C=O) groups excluding carboxylic acids is 1.